The van der Waals surface area contributed by atoms with Gasteiger partial charge in [0.25, 0.3) is 0 Å². The summed E-state index contributed by atoms with van der Waals surface area (Å²) >= 11 is 0. The zero-order valence-corrected chi connectivity index (χ0v) is 9.85. The van der Waals surface area contributed by atoms with Crippen LogP contribution in [-0.2, 0) is 12.8 Å². The van der Waals surface area contributed by atoms with Crippen molar-refractivity contribution in [3.63, 3.8) is 0 Å². The highest BCUT2D eigenvalue weighted by atomic mass is 19.1. The minimum Gasteiger partial charge on any atom is -0.496 e. The third kappa shape index (κ3) is 1.92. The van der Waals surface area contributed by atoms with Crippen molar-refractivity contribution < 1.29 is 9.13 Å². The minimum atomic E-state index is -0.108. The van der Waals surface area contributed by atoms with Gasteiger partial charge in [-0.25, -0.2) is 4.39 Å². The minimum absolute atomic E-state index is 0.108. The van der Waals surface area contributed by atoms with Crippen LogP contribution in [0.1, 0.15) is 29.5 Å². The number of methoxy groups -OCH3 is 1. The van der Waals surface area contributed by atoms with Crippen molar-refractivity contribution >= 4 is 0 Å². The van der Waals surface area contributed by atoms with Crippen LogP contribution in [0.5, 0.6) is 5.75 Å². The summed E-state index contributed by atoms with van der Waals surface area (Å²) in [7, 11) is 1.58. The van der Waals surface area contributed by atoms with Crippen LogP contribution in [0.15, 0.2) is 6.07 Å². The molecule has 0 amide bonds. The third-order valence-electron chi connectivity index (χ3n) is 3.43. The van der Waals surface area contributed by atoms with Crippen molar-refractivity contribution in [2.24, 2.45) is 5.73 Å². The van der Waals surface area contributed by atoms with E-state index in [9.17, 15) is 4.39 Å². The fraction of sp³-hybridized carbons (Fsp3) is 0.538. The molecule has 0 aliphatic heterocycles. The maximum absolute atomic E-state index is 14.1. The summed E-state index contributed by atoms with van der Waals surface area (Å²) in [5.74, 6) is 0.537. The van der Waals surface area contributed by atoms with Crippen molar-refractivity contribution in [1.29, 1.82) is 0 Å². The Bertz CT molecular complexity index is 403. The van der Waals surface area contributed by atoms with Gasteiger partial charge in [0.05, 0.1) is 7.11 Å². The Labute approximate surface area is 95.6 Å². The fourth-order valence-corrected chi connectivity index (χ4v) is 2.35. The van der Waals surface area contributed by atoms with Gasteiger partial charge >= 0.3 is 0 Å². The molecule has 0 aromatic heterocycles. The average Bonchev–Trinajstić information content (AvgIpc) is 2.46. The summed E-state index contributed by atoms with van der Waals surface area (Å²) < 4.78 is 19.3. The first-order valence-corrected chi connectivity index (χ1v) is 5.74. The van der Waals surface area contributed by atoms with E-state index >= 15 is 0 Å². The average molecular weight is 223 g/mol. The summed E-state index contributed by atoms with van der Waals surface area (Å²) in [5.41, 5.74) is 8.43. The summed E-state index contributed by atoms with van der Waals surface area (Å²) in [6.45, 7) is 1.76. The van der Waals surface area contributed by atoms with Crippen LogP contribution in [0.2, 0.25) is 0 Å². The number of aryl methyl sites for hydroxylation is 1. The van der Waals surface area contributed by atoms with E-state index in [1.165, 1.54) is 0 Å². The first-order chi connectivity index (χ1) is 7.63. The summed E-state index contributed by atoms with van der Waals surface area (Å²) in [6, 6.07) is 2.16. The molecular weight excluding hydrogens is 205 g/mol. The summed E-state index contributed by atoms with van der Waals surface area (Å²) in [4.78, 5) is 0. The van der Waals surface area contributed by atoms with E-state index in [2.05, 4.69) is 0 Å². The molecule has 1 aliphatic carbocycles. The summed E-state index contributed by atoms with van der Waals surface area (Å²) in [5, 5.41) is 0. The number of rotatable bonds is 1. The van der Waals surface area contributed by atoms with Gasteiger partial charge in [-0.1, -0.05) is 0 Å². The smallest absolute Gasteiger partial charge is 0.133 e. The number of hydrogen-bond donors (Lipinski definition) is 1. The van der Waals surface area contributed by atoms with Crippen molar-refractivity contribution in [1.82, 2.24) is 0 Å². The number of hydrogen-bond acceptors (Lipinski definition) is 2. The van der Waals surface area contributed by atoms with E-state index in [1.807, 2.05) is 6.07 Å². The van der Waals surface area contributed by atoms with Crippen LogP contribution >= 0.6 is 0 Å². The Kier molecular flexibility index (Phi) is 3.15. The number of benzene rings is 1. The first kappa shape index (κ1) is 11.4. The highest BCUT2D eigenvalue weighted by Gasteiger charge is 2.20. The molecule has 0 unspecified atom stereocenters. The molecule has 2 nitrogen and oxygen atoms in total. The maximum Gasteiger partial charge on any atom is 0.133 e. The van der Waals surface area contributed by atoms with Gasteiger partial charge in [0, 0.05) is 11.6 Å². The molecule has 3 heteroatoms. The van der Waals surface area contributed by atoms with Crippen LogP contribution in [-0.4, -0.2) is 13.2 Å². The number of halogens is 1. The SMILES string of the molecule is COc1cc2c(c(F)c1C)CC[C@@H](N)CC2. The van der Waals surface area contributed by atoms with Crippen molar-refractivity contribution in [3.8, 4) is 5.75 Å². The van der Waals surface area contributed by atoms with E-state index < -0.39 is 0 Å². The molecule has 0 fully saturated rings. The monoisotopic (exact) mass is 223 g/mol. The quantitative estimate of drug-likeness (QED) is 0.742. The van der Waals surface area contributed by atoms with E-state index in [4.69, 9.17) is 10.5 Å². The number of fused-ring (bicyclic) bond motifs is 1. The third-order valence-corrected chi connectivity index (χ3v) is 3.43. The van der Waals surface area contributed by atoms with Crippen LogP contribution in [0.4, 0.5) is 4.39 Å². The van der Waals surface area contributed by atoms with Crippen molar-refractivity contribution in [2.75, 3.05) is 7.11 Å². The lowest BCUT2D eigenvalue weighted by atomic mass is 9.98. The van der Waals surface area contributed by atoms with Gasteiger partial charge < -0.3 is 10.5 Å². The lowest BCUT2D eigenvalue weighted by Gasteiger charge is -2.13. The molecule has 0 heterocycles. The van der Waals surface area contributed by atoms with Crippen LogP contribution in [0.3, 0.4) is 0 Å². The highest BCUT2D eigenvalue weighted by molar-refractivity contribution is 5.44. The molecule has 0 radical (unpaired) electrons. The van der Waals surface area contributed by atoms with Crippen LogP contribution in [0, 0.1) is 12.7 Å². The molecule has 2 N–H and O–H groups in total. The number of ether oxygens (including phenoxy) is 1. The molecule has 0 bridgehead atoms. The largest absolute Gasteiger partial charge is 0.496 e. The zero-order chi connectivity index (χ0) is 11.7. The fourth-order valence-electron chi connectivity index (χ4n) is 2.35. The number of nitrogens with two attached hydrogens (primary N) is 1. The molecule has 1 atom stereocenters. The lowest BCUT2D eigenvalue weighted by Crippen LogP contribution is -2.19. The zero-order valence-electron chi connectivity index (χ0n) is 9.85. The first-order valence-electron chi connectivity index (χ1n) is 5.74. The van der Waals surface area contributed by atoms with Crippen molar-refractivity contribution in [2.45, 2.75) is 38.6 Å². The highest BCUT2D eigenvalue weighted by Crippen LogP contribution is 2.31. The van der Waals surface area contributed by atoms with E-state index in [0.717, 1.165) is 36.8 Å². The Hall–Kier alpha value is -1.09. The second-order valence-electron chi connectivity index (χ2n) is 4.49. The van der Waals surface area contributed by atoms with Gasteiger partial charge in [-0.2, -0.15) is 0 Å². The molecule has 0 saturated heterocycles. The topological polar surface area (TPSA) is 35.2 Å². The molecule has 0 spiro atoms. The molecule has 16 heavy (non-hydrogen) atoms. The van der Waals surface area contributed by atoms with Crippen LogP contribution in [0.25, 0.3) is 0 Å². The van der Waals surface area contributed by atoms with Gasteiger partial charge in [-0.3, -0.25) is 0 Å². The Morgan fingerprint density at radius 3 is 2.75 bits per heavy atom. The van der Waals surface area contributed by atoms with Gasteiger partial charge in [0.2, 0.25) is 0 Å². The second-order valence-corrected chi connectivity index (χ2v) is 4.49. The Morgan fingerprint density at radius 1 is 1.38 bits per heavy atom. The van der Waals surface area contributed by atoms with E-state index in [-0.39, 0.29) is 11.9 Å². The lowest BCUT2D eigenvalue weighted by molar-refractivity contribution is 0.405. The van der Waals surface area contributed by atoms with Crippen LogP contribution < -0.4 is 10.5 Å². The van der Waals surface area contributed by atoms with Gasteiger partial charge in [0.1, 0.15) is 11.6 Å². The van der Waals surface area contributed by atoms with Gasteiger partial charge in [-0.15, -0.1) is 0 Å². The molecule has 88 valence electrons. The molecule has 1 aromatic carbocycles. The van der Waals surface area contributed by atoms with Gasteiger partial charge in [0.15, 0.2) is 0 Å². The normalized spacial score (nSPS) is 20.1. The summed E-state index contributed by atoms with van der Waals surface area (Å²) in [6.07, 6.45) is 3.39. The Balaban J connectivity index is 2.47. The molecule has 0 saturated carbocycles. The predicted octanol–water partition coefficient (Wildman–Crippen LogP) is 2.35. The van der Waals surface area contributed by atoms with E-state index in [0.29, 0.717) is 11.3 Å². The van der Waals surface area contributed by atoms with Crippen molar-refractivity contribution in [3.05, 3.63) is 28.6 Å². The standard InChI is InChI=1S/C13H18FNO/c1-8-12(16-2)7-9-3-4-10(15)5-6-11(9)13(8)14/h7,10H,3-6,15H2,1-2H3/t10-/m0/s1. The predicted molar refractivity (Wildman–Crippen MR) is 62.3 cm³/mol. The molecule has 1 aliphatic rings. The molecule has 1 aromatic rings. The van der Waals surface area contributed by atoms with E-state index in [1.54, 1.807) is 14.0 Å². The molecule has 2 rings (SSSR count). The maximum atomic E-state index is 14.1. The Morgan fingerprint density at radius 2 is 2.06 bits per heavy atom. The van der Waals surface area contributed by atoms with Gasteiger partial charge in [-0.05, 0) is 49.8 Å². The molecular formula is C13H18FNO. The second kappa shape index (κ2) is 4.42.